The molecule has 1 heterocycles. The van der Waals surface area contributed by atoms with Crippen molar-refractivity contribution in [3.63, 3.8) is 0 Å². The summed E-state index contributed by atoms with van der Waals surface area (Å²) in [5, 5.41) is 73.9. The van der Waals surface area contributed by atoms with Crippen LogP contribution in [-0.2, 0) is 33.8 Å². The van der Waals surface area contributed by atoms with E-state index in [0.29, 0.717) is 87.4 Å². The zero-order valence-corrected chi connectivity index (χ0v) is 49.5. The van der Waals surface area contributed by atoms with Crippen molar-refractivity contribution in [1.29, 1.82) is 0 Å². The van der Waals surface area contributed by atoms with Crippen molar-refractivity contribution in [2.45, 2.75) is 209 Å². The minimum Gasteiger partial charge on any atom is -0.454 e. The number of likely N-dealkylation sites (N-methyl/N-ethyl adjacent to an activating group) is 1. The Morgan fingerprint density at radius 2 is 1.57 bits per heavy atom. The Morgan fingerprint density at radius 3 is 2.34 bits per heavy atom. The van der Waals surface area contributed by atoms with E-state index in [9.17, 15) is 20.1 Å². The third kappa shape index (κ3) is 7.92. The van der Waals surface area contributed by atoms with Crippen molar-refractivity contribution >= 4 is 12.3 Å². The summed E-state index contributed by atoms with van der Waals surface area (Å²) in [7, 11) is 1.98. The van der Waals surface area contributed by atoms with Crippen LogP contribution in [0.3, 0.4) is 0 Å². The maximum absolute atomic E-state index is 15.6. The molecule has 3 aromatic carbocycles. The Morgan fingerprint density at radius 1 is 0.783 bits per heavy atom. The molecular formula is C74H93NO8. The van der Waals surface area contributed by atoms with Gasteiger partial charge in [0.25, 0.3) is 0 Å². The monoisotopic (exact) mass is 1120 g/mol. The van der Waals surface area contributed by atoms with Crippen LogP contribution >= 0.6 is 0 Å². The SMILES string of the molecule is CN[C@@H]1Cc2c(cccc2CO)C#C[C@@]2(CC[C@H](Cc3ccccc3)C2)C[C@]23CC[C@H]4[C@@](O)(C[C@H]5C[C@H]([C@@H](C)C6CCCC6)CC[C@H]6[C@@H](O)[C@@]7(CC[C@@H]8C[C@H](c9ccccc9)CC[C@H]87)C[C@@]4(C=O)[C@]56O)[C@@]2(O)C[C@H]2C[C@@H]1[C@H]1OC(=O)C=C1[C@@H]23. The lowest BCUT2D eigenvalue weighted by Gasteiger charge is -2.74. The van der Waals surface area contributed by atoms with Gasteiger partial charge >= 0.3 is 5.97 Å². The first-order chi connectivity index (χ1) is 40.2. The highest BCUT2D eigenvalue weighted by molar-refractivity contribution is 5.86. The lowest BCUT2D eigenvalue weighted by molar-refractivity contribution is -0.358. The van der Waals surface area contributed by atoms with Gasteiger partial charge in [-0.25, -0.2) is 4.79 Å². The number of hydrogen-bond donors (Lipinski definition) is 6. The molecule has 9 heteroatoms. The molecule has 0 saturated heterocycles. The van der Waals surface area contributed by atoms with Gasteiger partial charge in [0.2, 0.25) is 0 Å². The van der Waals surface area contributed by atoms with Gasteiger partial charge in [-0.1, -0.05) is 117 Å². The minimum absolute atomic E-state index is 0.115. The largest absolute Gasteiger partial charge is 0.454 e. The van der Waals surface area contributed by atoms with Crippen LogP contribution in [0.15, 0.2) is 90.5 Å². The fourth-order valence-electron chi connectivity index (χ4n) is 24.7. The molecule has 83 heavy (non-hydrogen) atoms. The second-order valence-electron chi connectivity index (χ2n) is 30.7. The summed E-state index contributed by atoms with van der Waals surface area (Å²) >= 11 is 0. The molecule has 16 rings (SSSR count). The molecule has 442 valence electrons. The highest BCUT2D eigenvalue weighted by Crippen LogP contribution is 2.81. The summed E-state index contributed by atoms with van der Waals surface area (Å²) < 4.78 is 6.58. The molecule has 6 N–H and O–H groups in total. The van der Waals surface area contributed by atoms with Crippen LogP contribution in [0.5, 0.6) is 0 Å². The zero-order valence-electron chi connectivity index (χ0n) is 49.5. The van der Waals surface area contributed by atoms with E-state index in [4.69, 9.17) is 4.74 Å². The van der Waals surface area contributed by atoms with E-state index >= 15 is 15.0 Å². The van der Waals surface area contributed by atoms with Gasteiger partial charge in [0.05, 0.1) is 29.3 Å². The molecule has 0 amide bonds. The lowest BCUT2D eigenvalue weighted by Crippen LogP contribution is -2.82. The number of benzene rings is 3. The van der Waals surface area contributed by atoms with Crippen LogP contribution in [-0.4, -0.2) is 79.9 Å². The third-order valence-electron chi connectivity index (χ3n) is 28.0. The molecule has 3 spiro atoms. The van der Waals surface area contributed by atoms with Crippen molar-refractivity contribution in [3.05, 3.63) is 118 Å². The van der Waals surface area contributed by atoms with Crippen molar-refractivity contribution in [1.82, 2.24) is 5.32 Å². The molecule has 9 nitrogen and oxygen atoms in total. The van der Waals surface area contributed by atoms with Crippen molar-refractivity contribution < 1.29 is 39.9 Å². The van der Waals surface area contributed by atoms with Crippen molar-refractivity contribution in [2.75, 3.05) is 7.05 Å². The van der Waals surface area contributed by atoms with E-state index < -0.39 is 68.4 Å². The summed E-state index contributed by atoms with van der Waals surface area (Å²) in [6.45, 7) is 2.32. The summed E-state index contributed by atoms with van der Waals surface area (Å²) in [6.07, 6.45) is 20.5. The predicted molar refractivity (Wildman–Crippen MR) is 319 cm³/mol. The molecule has 13 aliphatic rings. The molecule has 12 aliphatic carbocycles. The number of nitrogens with one attached hydrogen (secondary N) is 1. The van der Waals surface area contributed by atoms with E-state index in [0.717, 1.165) is 92.8 Å². The predicted octanol–water partition coefficient (Wildman–Crippen LogP) is 11.4. The second-order valence-corrected chi connectivity index (χ2v) is 30.7. The van der Waals surface area contributed by atoms with Gasteiger partial charge in [-0.3, -0.25) is 0 Å². The summed E-state index contributed by atoms with van der Waals surface area (Å²) in [5.41, 5.74) is -2.30. The van der Waals surface area contributed by atoms with Gasteiger partial charge in [0.15, 0.2) is 0 Å². The van der Waals surface area contributed by atoms with Gasteiger partial charge in [-0.05, 0) is 229 Å². The van der Waals surface area contributed by atoms with E-state index in [1.54, 1.807) is 6.08 Å². The molecule has 10 fully saturated rings. The Labute approximate surface area is 493 Å². The topological polar surface area (TPSA) is 157 Å². The first kappa shape index (κ1) is 55.4. The van der Waals surface area contributed by atoms with Crippen LogP contribution in [0.25, 0.3) is 0 Å². The van der Waals surface area contributed by atoms with E-state index in [1.807, 2.05) is 19.2 Å². The first-order valence-electron chi connectivity index (χ1n) is 33.4. The number of hydrogen-bond acceptors (Lipinski definition) is 9. The highest BCUT2D eigenvalue weighted by atomic mass is 16.5. The number of rotatable bonds is 8. The van der Waals surface area contributed by atoms with Crippen LogP contribution in [0.2, 0.25) is 0 Å². The van der Waals surface area contributed by atoms with Crippen molar-refractivity contribution in [3.8, 4) is 11.8 Å². The highest BCUT2D eigenvalue weighted by Gasteiger charge is 2.85. The molecule has 22 atom stereocenters. The molecule has 4 bridgehead atoms. The van der Waals surface area contributed by atoms with Gasteiger partial charge in [-0.2, -0.15) is 0 Å². The van der Waals surface area contributed by atoms with Crippen LogP contribution in [0, 0.1) is 105 Å². The fraction of sp³-hybridized carbons (Fsp3) is 0.676. The second kappa shape index (κ2) is 20.2. The van der Waals surface area contributed by atoms with E-state index in [1.165, 1.54) is 36.8 Å². The number of esters is 1. The number of fused-ring (bicyclic) bond motifs is 6. The van der Waals surface area contributed by atoms with Gasteiger partial charge in [-0.15, -0.1) is 0 Å². The number of aliphatic hydroxyl groups excluding tert-OH is 2. The third-order valence-corrected chi connectivity index (χ3v) is 28.0. The first-order valence-corrected chi connectivity index (χ1v) is 33.4. The molecular weight excluding hydrogens is 1030 g/mol. The lowest BCUT2D eigenvalue weighted by atomic mass is 9.32. The maximum Gasteiger partial charge on any atom is 0.331 e. The van der Waals surface area contributed by atoms with E-state index in [2.05, 4.69) is 90.8 Å². The normalized spacial score (nSPS) is 47.0. The smallest absolute Gasteiger partial charge is 0.331 e. The Balaban J connectivity index is 0.908. The molecule has 0 unspecified atom stereocenters. The van der Waals surface area contributed by atoms with Crippen molar-refractivity contribution in [2.24, 2.45) is 92.7 Å². The average Bonchev–Trinajstić information content (AvgIpc) is 2.20. The summed E-state index contributed by atoms with van der Waals surface area (Å²) in [5.74, 6) is 7.72. The number of ether oxygens (including phenoxy) is 1. The zero-order chi connectivity index (χ0) is 56.9. The fourth-order valence-corrected chi connectivity index (χ4v) is 24.7. The Bertz CT molecular complexity index is 3090. The number of aldehydes is 1. The summed E-state index contributed by atoms with van der Waals surface area (Å²) in [4.78, 5) is 29.9. The Hall–Kier alpha value is -4.14. The molecule has 10 saturated carbocycles. The molecule has 0 radical (unpaired) electrons. The van der Waals surface area contributed by atoms with Gasteiger partial charge < -0.3 is 40.4 Å². The summed E-state index contributed by atoms with van der Waals surface area (Å²) in [6, 6.07) is 27.7. The quantitative estimate of drug-likeness (QED) is 0.0734. The number of carbonyl (C=O) groups is 2. The average molecular weight is 1120 g/mol. The maximum atomic E-state index is 15.6. The van der Waals surface area contributed by atoms with Gasteiger partial charge in [0, 0.05) is 51.7 Å². The minimum atomic E-state index is -1.79. The van der Waals surface area contributed by atoms with Crippen LogP contribution in [0.4, 0.5) is 0 Å². The number of carbonyl (C=O) groups excluding carboxylic acids is 2. The van der Waals surface area contributed by atoms with Gasteiger partial charge in [0.1, 0.15) is 18.0 Å². The van der Waals surface area contributed by atoms with E-state index in [-0.39, 0.29) is 54.6 Å². The molecule has 0 aromatic heterocycles. The molecule has 3 aromatic rings. The number of aliphatic hydroxyl groups is 5. The standard InChI is InChI=1S/C74H93NO8/c1-45(48-14-9-10-15-48)51-20-23-61-67(79)69(30-26-53-33-52(21-22-60(53)69)49-16-7-4-8-17-49)43-71(44-77)63-27-31-70-42-68(28-24-47(38-68)32-46-12-5-3-6-13-46)29-25-50-18-11-19-54(41-76)57(50)36-62(75-2)58-35-55(65(70)59-37-64(78)83-66(58)59)39-73(70,81)72(63,80)40-56(34-51)74(61,71)82/h3-8,11-13,16-19,37,44-45,47-48,51-53,55-56,58,60-63,65-67,75-76,79-82H,9-10,14-15,20-24,26-28,30-36,38-43H2,1-2H3/t45-,47+,51+,52+,53+,55+,56+,58-,60+,61-,62+,63+,65+,66+,67+,68+,69-,70-,71-,72-,73+,74-/m0/s1. The van der Waals surface area contributed by atoms with Crippen LogP contribution < -0.4 is 5.32 Å². The van der Waals surface area contributed by atoms with Crippen LogP contribution in [0.1, 0.15) is 182 Å². The Kier molecular flexibility index (Phi) is 13.5. The molecule has 1 aliphatic heterocycles.